The number of nitrogens with one attached hydrogen (secondary N) is 1. The maximum absolute atomic E-state index is 11.4. The van der Waals surface area contributed by atoms with E-state index < -0.39 is 0 Å². The van der Waals surface area contributed by atoms with Crippen LogP contribution < -0.4 is 11.3 Å². The summed E-state index contributed by atoms with van der Waals surface area (Å²) in [6, 6.07) is 1.69. The third-order valence-electron chi connectivity index (χ3n) is 3.46. The lowest BCUT2D eigenvalue weighted by molar-refractivity contribution is -0.128. The van der Waals surface area contributed by atoms with Gasteiger partial charge in [0.1, 0.15) is 12.0 Å². The van der Waals surface area contributed by atoms with E-state index in [0.717, 1.165) is 38.4 Å². The second-order valence-electron chi connectivity index (χ2n) is 4.91. The van der Waals surface area contributed by atoms with Crippen molar-refractivity contribution in [2.75, 3.05) is 26.2 Å². The smallest absolute Gasteiger partial charge is 0.268 e. The lowest BCUT2D eigenvalue weighted by Crippen LogP contribution is -2.33. The molecule has 0 aromatic carbocycles. The predicted octanol–water partition coefficient (Wildman–Crippen LogP) is -0.0627. The zero-order chi connectivity index (χ0) is 14.5. The van der Waals surface area contributed by atoms with Crippen LogP contribution in [-0.4, -0.2) is 47.8 Å². The maximum atomic E-state index is 11.4. The molecule has 2 heterocycles. The topological polar surface area (TPSA) is 91.8 Å². The first-order chi connectivity index (χ1) is 9.60. The molecule has 110 valence electrons. The number of carbonyl (C=O) groups excluding carboxylic acids is 2. The summed E-state index contributed by atoms with van der Waals surface area (Å²) in [5, 5.41) is 0. The van der Waals surface area contributed by atoms with Crippen LogP contribution in [0.2, 0.25) is 0 Å². The summed E-state index contributed by atoms with van der Waals surface area (Å²) in [5.41, 5.74) is 2.49. The normalized spacial score (nSPS) is 16.8. The van der Waals surface area contributed by atoms with E-state index in [1.807, 2.05) is 4.90 Å². The lowest BCUT2D eigenvalue weighted by atomic mass is 10.3. The number of hydrazine groups is 1. The van der Waals surface area contributed by atoms with Gasteiger partial charge >= 0.3 is 0 Å². The Hall–Kier alpha value is -1.86. The fourth-order valence-electron chi connectivity index (χ4n) is 2.33. The highest BCUT2D eigenvalue weighted by Crippen LogP contribution is 2.12. The summed E-state index contributed by atoms with van der Waals surface area (Å²) in [6.07, 6.45) is 2.34. The third kappa shape index (κ3) is 3.58. The molecule has 1 saturated heterocycles. The van der Waals surface area contributed by atoms with Crippen molar-refractivity contribution in [3.05, 3.63) is 23.7 Å². The van der Waals surface area contributed by atoms with Crippen molar-refractivity contribution in [3.8, 4) is 0 Å². The molecule has 1 aromatic rings. The van der Waals surface area contributed by atoms with Gasteiger partial charge in [-0.05, 0) is 12.5 Å². The van der Waals surface area contributed by atoms with Crippen LogP contribution in [0.1, 0.15) is 29.5 Å². The number of hydrogen-bond acceptors (Lipinski definition) is 5. The van der Waals surface area contributed by atoms with Crippen LogP contribution in [0.4, 0.5) is 0 Å². The van der Waals surface area contributed by atoms with E-state index in [0.29, 0.717) is 12.1 Å². The Morgan fingerprint density at radius 3 is 2.85 bits per heavy atom. The zero-order valence-electron chi connectivity index (χ0n) is 11.6. The van der Waals surface area contributed by atoms with E-state index in [9.17, 15) is 9.59 Å². The maximum Gasteiger partial charge on any atom is 0.268 e. The largest absolute Gasteiger partial charge is 0.467 e. The van der Waals surface area contributed by atoms with E-state index in [1.54, 1.807) is 13.0 Å². The van der Waals surface area contributed by atoms with Gasteiger partial charge in [-0.3, -0.25) is 19.9 Å². The van der Waals surface area contributed by atoms with Gasteiger partial charge in [0.15, 0.2) is 0 Å². The lowest BCUT2D eigenvalue weighted by Gasteiger charge is -2.20. The monoisotopic (exact) mass is 280 g/mol. The Morgan fingerprint density at radius 1 is 1.35 bits per heavy atom. The van der Waals surface area contributed by atoms with Crippen LogP contribution in [0.3, 0.4) is 0 Å². The summed E-state index contributed by atoms with van der Waals surface area (Å²) in [6.45, 7) is 5.46. The molecule has 2 amide bonds. The second-order valence-corrected chi connectivity index (χ2v) is 4.91. The Balaban J connectivity index is 1.91. The van der Waals surface area contributed by atoms with Gasteiger partial charge in [0.25, 0.3) is 5.91 Å². The molecule has 0 radical (unpaired) electrons. The van der Waals surface area contributed by atoms with Gasteiger partial charge in [-0.25, -0.2) is 5.84 Å². The van der Waals surface area contributed by atoms with Crippen LogP contribution in [0, 0.1) is 0 Å². The average Bonchev–Trinajstić information content (AvgIpc) is 2.76. The predicted molar refractivity (Wildman–Crippen MR) is 72.5 cm³/mol. The van der Waals surface area contributed by atoms with Crippen molar-refractivity contribution in [1.82, 2.24) is 15.2 Å². The first kappa shape index (κ1) is 14.5. The number of hydrogen-bond donors (Lipinski definition) is 2. The van der Waals surface area contributed by atoms with Crippen molar-refractivity contribution in [3.63, 3.8) is 0 Å². The van der Waals surface area contributed by atoms with Gasteiger partial charge < -0.3 is 9.32 Å². The van der Waals surface area contributed by atoms with E-state index in [-0.39, 0.29) is 11.8 Å². The van der Waals surface area contributed by atoms with Crippen molar-refractivity contribution < 1.29 is 14.0 Å². The van der Waals surface area contributed by atoms with Gasteiger partial charge in [-0.1, -0.05) is 0 Å². The van der Waals surface area contributed by atoms with Crippen LogP contribution in [0.25, 0.3) is 0 Å². The Morgan fingerprint density at radius 2 is 2.15 bits per heavy atom. The number of nitrogens with two attached hydrogens (primary N) is 1. The number of rotatable bonds is 3. The summed E-state index contributed by atoms with van der Waals surface area (Å²) in [4.78, 5) is 26.8. The highest BCUT2D eigenvalue weighted by atomic mass is 16.3. The SMILES string of the molecule is CC(=O)N1CCCN(Cc2cc(C(=O)NN)co2)CC1. The summed E-state index contributed by atoms with van der Waals surface area (Å²) in [5.74, 6) is 5.55. The number of furan rings is 1. The molecule has 1 fully saturated rings. The average molecular weight is 280 g/mol. The quantitative estimate of drug-likeness (QED) is 0.460. The van der Waals surface area contributed by atoms with Gasteiger partial charge in [0, 0.05) is 33.1 Å². The van der Waals surface area contributed by atoms with Crippen molar-refractivity contribution in [2.45, 2.75) is 19.9 Å². The molecule has 20 heavy (non-hydrogen) atoms. The van der Waals surface area contributed by atoms with Crippen LogP contribution in [0.15, 0.2) is 16.7 Å². The molecule has 2 rings (SSSR count). The van der Waals surface area contributed by atoms with Crippen LogP contribution in [-0.2, 0) is 11.3 Å². The molecule has 1 aliphatic rings. The summed E-state index contributed by atoms with van der Waals surface area (Å²) >= 11 is 0. The van der Waals surface area contributed by atoms with Gasteiger partial charge in [-0.2, -0.15) is 0 Å². The molecule has 7 nitrogen and oxygen atoms in total. The molecule has 7 heteroatoms. The van der Waals surface area contributed by atoms with Gasteiger partial charge in [0.05, 0.1) is 12.1 Å². The van der Waals surface area contributed by atoms with Gasteiger partial charge in [-0.15, -0.1) is 0 Å². The highest BCUT2D eigenvalue weighted by Gasteiger charge is 2.18. The van der Waals surface area contributed by atoms with Crippen LogP contribution >= 0.6 is 0 Å². The fourth-order valence-corrected chi connectivity index (χ4v) is 2.33. The summed E-state index contributed by atoms with van der Waals surface area (Å²) in [7, 11) is 0. The minimum atomic E-state index is -0.362. The van der Waals surface area contributed by atoms with Crippen LogP contribution in [0.5, 0.6) is 0 Å². The third-order valence-corrected chi connectivity index (χ3v) is 3.46. The second kappa shape index (κ2) is 6.53. The minimum absolute atomic E-state index is 0.117. The van der Waals surface area contributed by atoms with E-state index >= 15 is 0 Å². The van der Waals surface area contributed by atoms with E-state index in [2.05, 4.69) is 10.3 Å². The summed E-state index contributed by atoms with van der Waals surface area (Å²) < 4.78 is 5.37. The molecule has 0 atom stereocenters. The molecule has 1 aromatic heterocycles. The van der Waals surface area contributed by atoms with Crippen molar-refractivity contribution in [2.24, 2.45) is 5.84 Å². The highest BCUT2D eigenvalue weighted by molar-refractivity contribution is 5.93. The Kier molecular flexibility index (Phi) is 4.75. The first-order valence-electron chi connectivity index (χ1n) is 6.66. The molecule has 0 spiro atoms. The molecule has 0 saturated carbocycles. The van der Waals surface area contributed by atoms with Crippen molar-refractivity contribution >= 4 is 11.8 Å². The number of amides is 2. The molecule has 0 bridgehead atoms. The Labute approximate surface area is 117 Å². The number of carbonyl (C=O) groups is 2. The van der Waals surface area contributed by atoms with Crippen molar-refractivity contribution in [1.29, 1.82) is 0 Å². The first-order valence-corrected chi connectivity index (χ1v) is 6.66. The number of nitrogens with zero attached hydrogens (tertiary/aromatic N) is 2. The molecule has 1 aliphatic heterocycles. The van der Waals surface area contributed by atoms with Gasteiger partial charge in [0.2, 0.25) is 5.91 Å². The molecule has 0 aliphatic carbocycles. The minimum Gasteiger partial charge on any atom is -0.467 e. The molecule has 3 N–H and O–H groups in total. The molecular formula is C13H20N4O3. The zero-order valence-corrected chi connectivity index (χ0v) is 11.6. The van der Waals surface area contributed by atoms with E-state index in [4.69, 9.17) is 10.3 Å². The Bertz CT molecular complexity index is 486. The number of nitrogen functional groups attached to an aromatic ring is 1. The standard InChI is InChI=1S/C13H20N4O3/c1-10(18)17-4-2-3-16(5-6-17)8-12-7-11(9-20-12)13(19)15-14/h7,9H,2-6,8,14H2,1H3,(H,15,19). The molecular weight excluding hydrogens is 260 g/mol. The van der Waals surface area contributed by atoms with E-state index in [1.165, 1.54) is 6.26 Å². The fraction of sp³-hybridized carbons (Fsp3) is 0.538. The molecule has 0 unspecified atom stereocenters.